The van der Waals surface area contributed by atoms with Gasteiger partial charge in [-0.3, -0.25) is 23.8 Å². The van der Waals surface area contributed by atoms with E-state index in [-0.39, 0.29) is 19.0 Å². The fourth-order valence-electron chi connectivity index (χ4n) is 7.24. The molecule has 2 heterocycles. The van der Waals surface area contributed by atoms with Gasteiger partial charge in [0.15, 0.2) is 5.76 Å². The highest BCUT2D eigenvalue weighted by Gasteiger charge is 2.34. The van der Waals surface area contributed by atoms with Crippen molar-refractivity contribution in [3.05, 3.63) is 107 Å². The van der Waals surface area contributed by atoms with Gasteiger partial charge < -0.3 is 33.9 Å². The Bertz CT molecular complexity index is 2120. The third-order valence-electron chi connectivity index (χ3n) is 10.6. The van der Waals surface area contributed by atoms with E-state index < -0.39 is 37.1 Å². The zero-order valence-corrected chi connectivity index (χ0v) is 36.7. The van der Waals surface area contributed by atoms with Crippen LogP contribution in [0.1, 0.15) is 90.5 Å². The summed E-state index contributed by atoms with van der Waals surface area (Å²) in [5.41, 5.74) is 3.51. The molecule has 3 atom stereocenters. The van der Waals surface area contributed by atoms with Crippen LogP contribution in [-0.2, 0) is 41.4 Å². The highest BCUT2D eigenvalue weighted by molar-refractivity contribution is 7.66. The predicted octanol–water partition coefficient (Wildman–Crippen LogP) is 7.24. The number of benzene rings is 3. The number of carbonyl (C=O) groups is 4. The Kier molecular flexibility index (Phi) is 17.7. The van der Waals surface area contributed by atoms with E-state index in [9.17, 15) is 23.7 Å². The van der Waals surface area contributed by atoms with Crippen LogP contribution in [0, 0.1) is 12.8 Å². The molecule has 0 bridgehead atoms. The molecule has 328 valence electrons. The van der Waals surface area contributed by atoms with E-state index in [1.54, 1.807) is 37.0 Å². The average Bonchev–Trinajstić information content (AvgIpc) is 3.77. The van der Waals surface area contributed by atoms with Crippen LogP contribution in [0.5, 0.6) is 5.75 Å². The third kappa shape index (κ3) is 13.4. The second-order valence-electron chi connectivity index (χ2n) is 15.1. The number of hydrogen-bond acceptors (Lipinski definition) is 11. The van der Waals surface area contributed by atoms with Crippen molar-refractivity contribution in [3.8, 4) is 17.1 Å². The van der Waals surface area contributed by atoms with Crippen LogP contribution >= 0.6 is 7.37 Å². The summed E-state index contributed by atoms with van der Waals surface area (Å²) in [5.74, 6) is -1.63. The van der Waals surface area contributed by atoms with Crippen molar-refractivity contribution >= 4 is 36.9 Å². The lowest BCUT2D eigenvalue weighted by molar-refractivity contribution is -0.171. The normalized spacial score (nSPS) is 14.9. The summed E-state index contributed by atoms with van der Waals surface area (Å²) in [6, 6.07) is 22.5. The molecular formula is C46H59N4O10P. The molecule has 0 saturated carbocycles. The summed E-state index contributed by atoms with van der Waals surface area (Å²) in [5, 5.41) is 6.83. The number of amides is 3. The van der Waals surface area contributed by atoms with E-state index in [2.05, 4.69) is 22.5 Å². The summed E-state index contributed by atoms with van der Waals surface area (Å²) >= 11 is 0. The van der Waals surface area contributed by atoms with Crippen molar-refractivity contribution in [2.45, 2.75) is 79.0 Å². The Morgan fingerprint density at radius 2 is 1.70 bits per heavy atom. The molecule has 1 fully saturated rings. The number of morpholine rings is 1. The minimum atomic E-state index is -3.30. The number of ether oxygens (including phenoxy) is 2. The highest BCUT2D eigenvalue weighted by Crippen LogP contribution is 2.44. The molecule has 0 radical (unpaired) electrons. The van der Waals surface area contributed by atoms with Crippen molar-refractivity contribution in [1.82, 2.24) is 20.6 Å². The van der Waals surface area contributed by atoms with Gasteiger partial charge in [-0.2, -0.15) is 5.06 Å². The molecule has 2 N–H and O–H groups in total. The summed E-state index contributed by atoms with van der Waals surface area (Å²) in [4.78, 5) is 60.9. The molecule has 5 rings (SSSR count). The van der Waals surface area contributed by atoms with Crippen LogP contribution in [0.3, 0.4) is 0 Å². The largest absolute Gasteiger partial charge is 0.494 e. The third-order valence-corrected chi connectivity index (χ3v) is 12.4. The van der Waals surface area contributed by atoms with Gasteiger partial charge in [0.05, 0.1) is 50.6 Å². The van der Waals surface area contributed by atoms with Crippen LogP contribution in [0.25, 0.3) is 11.3 Å². The smallest absolute Gasteiger partial charge is 0.363 e. The van der Waals surface area contributed by atoms with E-state index in [4.69, 9.17) is 23.3 Å². The summed E-state index contributed by atoms with van der Waals surface area (Å²) < 4.78 is 36.8. The van der Waals surface area contributed by atoms with Crippen molar-refractivity contribution in [2.75, 3.05) is 46.2 Å². The van der Waals surface area contributed by atoms with Gasteiger partial charge in [0.25, 0.3) is 5.91 Å². The molecule has 1 unspecified atom stereocenters. The van der Waals surface area contributed by atoms with Crippen molar-refractivity contribution in [2.24, 2.45) is 5.92 Å². The number of furan rings is 1. The fraction of sp³-hybridized carbons (Fsp3) is 0.435. The number of aryl methyl sites for hydroxylation is 1. The maximum Gasteiger partial charge on any atom is 0.363 e. The maximum absolute atomic E-state index is 13.8. The zero-order valence-electron chi connectivity index (χ0n) is 35.9. The molecule has 1 aromatic heterocycles. The summed E-state index contributed by atoms with van der Waals surface area (Å²) in [6.07, 6.45) is 3.67. The number of rotatable bonds is 23. The second-order valence-corrected chi connectivity index (χ2v) is 17.6. The van der Waals surface area contributed by atoms with Crippen molar-refractivity contribution in [1.29, 1.82) is 0 Å². The molecule has 15 heteroatoms. The van der Waals surface area contributed by atoms with Crippen LogP contribution in [-0.4, -0.2) is 86.4 Å². The van der Waals surface area contributed by atoms with Crippen LogP contribution in [0.4, 0.5) is 0 Å². The monoisotopic (exact) mass is 858 g/mol. The first-order valence-electron chi connectivity index (χ1n) is 21.0. The Morgan fingerprint density at radius 3 is 2.39 bits per heavy atom. The molecule has 4 aromatic rings. The number of nitrogens with one attached hydrogen (secondary N) is 2. The van der Waals surface area contributed by atoms with E-state index in [0.29, 0.717) is 79.0 Å². The van der Waals surface area contributed by atoms with Gasteiger partial charge in [0.1, 0.15) is 11.5 Å². The first-order chi connectivity index (χ1) is 29.5. The molecule has 14 nitrogen and oxygen atoms in total. The number of carbonyl (C=O) groups excluding carboxylic acids is 4. The molecule has 3 amide bonds. The Morgan fingerprint density at radius 1 is 0.934 bits per heavy atom. The lowest BCUT2D eigenvalue weighted by Crippen LogP contribution is -2.49. The van der Waals surface area contributed by atoms with Gasteiger partial charge in [0, 0.05) is 37.2 Å². The molecule has 1 aliphatic rings. The highest BCUT2D eigenvalue weighted by atomic mass is 31.2. The lowest BCUT2D eigenvalue weighted by Gasteiger charge is -2.32. The van der Waals surface area contributed by atoms with Crippen molar-refractivity contribution in [3.63, 3.8) is 0 Å². The number of hydroxylamine groups is 2. The quantitative estimate of drug-likeness (QED) is 0.0254. The molecule has 0 spiro atoms. The standard InChI is InChI=1S/C46H59N4O10P/c1-6-9-11-16-40(41(7-2)50(32-51)60-46(54)39-18-17-35(25-33(39)4)29-49-21-23-56-24-22-49)44(52)47-31-48-45(53)43-20-19-42(59-43)36-26-37(57-8-3)28-38(27-36)61(5,55)58-30-34-14-12-10-13-15-34/h10,12-15,17-20,25-28,32,40-41H,6-9,11,16,21-24,29-31H2,1-5H3,(H,47,52)(H,48,53)/t40-,41-,61?/m1/s1. The van der Waals surface area contributed by atoms with E-state index in [0.717, 1.165) is 48.7 Å². The number of nitrogens with zero attached hydrogens (tertiary/aromatic N) is 2. The minimum Gasteiger partial charge on any atom is -0.494 e. The summed E-state index contributed by atoms with van der Waals surface area (Å²) in [7, 11) is -3.30. The zero-order chi connectivity index (χ0) is 43.8. The van der Waals surface area contributed by atoms with Gasteiger partial charge in [-0.25, -0.2) is 4.79 Å². The Labute approximate surface area is 358 Å². The van der Waals surface area contributed by atoms with Gasteiger partial charge >= 0.3 is 5.97 Å². The van der Waals surface area contributed by atoms with Crippen LogP contribution in [0.15, 0.2) is 83.3 Å². The van der Waals surface area contributed by atoms with Gasteiger partial charge in [-0.05, 0) is 79.8 Å². The van der Waals surface area contributed by atoms with Crippen LogP contribution in [0.2, 0.25) is 0 Å². The van der Waals surface area contributed by atoms with Crippen LogP contribution < -0.4 is 20.7 Å². The van der Waals surface area contributed by atoms with E-state index >= 15 is 0 Å². The molecule has 61 heavy (non-hydrogen) atoms. The van der Waals surface area contributed by atoms with Crippen molar-refractivity contribution < 1.29 is 47.0 Å². The average molecular weight is 859 g/mol. The second kappa shape index (κ2) is 23.1. The lowest BCUT2D eigenvalue weighted by atomic mass is 9.90. The topological polar surface area (TPSA) is 166 Å². The molecule has 3 aromatic carbocycles. The van der Waals surface area contributed by atoms with E-state index in [1.165, 1.54) is 6.07 Å². The first-order valence-corrected chi connectivity index (χ1v) is 23.1. The number of unbranched alkanes of at least 4 members (excludes halogenated alkanes) is 2. The molecular weight excluding hydrogens is 799 g/mol. The maximum atomic E-state index is 13.8. The summed E-state index contributed by atoms with van der Waals surface area (Å²) in [6.45, 7) is 13.2. The number of hydrogen-bond donors (Lipinski definition) is 2. The molecule has 1 aliphatic heterocycles. The first kappa shape index (κ1) is 46.8. The van der Waals surface area contributed by atoms with Gasteiger partial charge in [0.2, 0.25) is 19.7 Å². The molecule has 1 saturated heterocycles. The minimum absolute atomic E-state index is 0.0120. The molecule has 0 aliphatic carbocycles. The van der Waals surface area contributed by atoms with E-state index in [1.807, 2.05) is 63.2 Å². The van der Waals surface area contributed by atoms with Gasteiger partial charge in [-0.1, -0.05) is 75.6 Å². The fourth-order valence-corrected chi connectivity index (χ4v) is 8.52. The Balaban J connectivity index is 1.22. The van der Waals surface area contributed by atoms with Gasteiger partial charge in [-0.15, -0.1) is 0 Å². The predicted molar refractivity (Wildman–Crippen MR) is 232 cm³/mol. The Hall–Kier alpha value is -5.27. The SMILES string of the molecule is CCCCC[C@@H](C(=O)NCNC(=O)c1ccc(-c2cc(OCC)cc(P(C)(=O)OCc3ccccc3)c2)o1)[C@@H](CC)N(C=O)OC(=O)c1ccc(CN2CCOCC2)cc1C.